The summed E-state index contributed by atoms with van der Waals surface area (Å²) < 4.78 is 62.5. The van der Waals surface area contributed by atoms with Gasteiger partial charge in [-0.3, -0.25) is 4.72 Å². The van der Waals surface area contributed by atoms with Crippen LogP contribution in [0.25, 0.3) is 0 Å². The Morgan fingerprint density at radius 3 is 2.43 bits per heavy atom. The van der Waals surface area contributed by atoms with Crippen molar-refractivity contribution in [3.05, 3.63) is 48.4 Å². The lowest BCUT2D eigenvalue weighted by Crippen LogP contribution is -2.16. The number of rotatable bonds is 4. The van der Waals surface area contributed by atoms with Gasteiger partial charge >= 0.3 is 0 Å². The van der Waals surface area contributed by atoms with Gasteiger partial charge in [0.15, 0.2) is 15.7 Å². The lowest BCUT2D eigenvalue weighted by atomic mass is 10.3. The number of sulfone groups is 1. The second kappa shape index (κ2) is 5.41. The van der Waals surface area contributed by atoms with Crippen molar-refractivity contribution in [2.24, 2.45) is 0 Å². The Labute approximate surface area is 121 Å². The first kappa shape index (κ1) is 15.4. The van der Waals surface area contributed by atoms with Gasteiger partial charge in [-0.25, -0.2) is 17.8 Å². The molecule has 0 saturated heterocycles. The molecule has 0 aliphatic rings. The van der Waals surface area contributed by atoms with Crippen LogP contribution in [0.15, 0.2) is 52.5 Å². The third-order valence-electron chi connectivity index (χ3n) is 2.49. The summed E-state index contributed by atoms with van der Waals surface area (Å²) in [4.78, 5) is 3.42. The van der Waals surface area contributed by atoms with Gasteiger partial charge in [0.25, 0.3) is 10.0 Å². The highest BCUT2D eigenvalue weighted by atomic mass is 32.2. The zero-order chi connectivity index (χ0) is 15.7. The minimum atomic E-state index is -4.24. The van der Waals surface area contributed by atoms with E-state index in [0.29, 0.717) is 0 Å². The molecular weight excluding hydrogens is 319 g/mol. The molecule has 0 radical (unpaired) electrons. The van der Waals surface area contributed by atoms with Gasteiger partial charge in [0, 0.05) is 12.5 Å². The summed E-state index contributed by atoms with van der Waals surface area (Å²) in [5.41, 5.74) is 0.00276. The first-order valence-corrected chi connectivity index (χ1v) is 9.01. The van der Waals surface area contributed by atoms with Crippen LogP contribution in [0.1, 0.15) is 0 Å². The van der Waals surface area contributed by atoms with Crippen LogP contribution in [0.2, 0.25) is 0 Å². The molecule has 0 spiro atoms. The maximum absolute atomic E-state index is 13.5. The highest BCUT2D eigenvalue weighted by Gasteiger charge is 2.21. The van der Waals surface area contributed by atoms with Crippen LogP contribution < -0.4 is 4.72 Å². The number of pyridine rings is 1. The van der Waals surface area contributed by atoms with E-state index in [-0.39, 0.29) is 10.6 Å². The SMILES string of the molecule is CS(=O)(=O)c1cccc(NS(=O)(=O)c2ncccc2F)c1. The average Bonchev–Trinajstić information content (AvgIpc) is 2.37. The molecule has 2 rings (SSSR count). The topological polar surface area (TPSA) is 93.2 Å². The molecule has 6 nitrogen and oxygen atoms in total. The Balaban J connectivity index is 2.41. The molecule has 2 aromatic rings. The molecule has 0 bridgehead atoms. The standard InChI is InChI=1S/C12H11FN2O4S2/c1-20(16,17)10-5-2-4-9(8-10)15-21(18,19)12-11(13)6-3-7-14-12/h2-8,15H,1H3. The van der Waals surface area contributed by atoms with E-state index in [1.54, 1.807) is 0 Å². The quantitative estimate of drug-likeness (QED) is 0.915. The van der Waals surface area contributed by atoms with Gasteiger partial charge in [-0.05, 0) is 30.3 Å². The zero-order valence-corrected chi connectivity index (χ0v) is 12.4. The molecular formula is C12H11FN2O4S2. The smallest absolute Gasteiger partial charge is 0.278 e. The highest BCUT2D eigenvalue weighted by Crippen LogP contribution is 2.19. The summed E-state index contributed by atoms with van der Waals surface area (Å²) >= 11 is 0. The zero-order valence-electron chi connectivity index (χ0n) is 10.8. The molecule has 0 unspecified atom stereocenters. The van der Waals surface area contributed by atoms with Gasteiger partial charge < -0.3 is 0 Å². The van der Waals surface area contributed by atoms with Crippen molar-refractivity contribution in [1.82, 2.24) is 4.98 Å². The van der Waals surface area contributed by atoms with E-state index in [9.17, 15) is 21.2 Å². The second-order valence-corrected chi connectivity index (χ2v) is 7.81. The van der Waals surface area contributed by atoms with Crippen molar-refractivity contribution < 1.29 is 21.2 Å². The summed E-state index contributed by atoms with van der Waals surface area (Å²) in [5.74, 6) is -0.996. The number of hydrogen-bond donors (Lipinski definition) is 1. The lowest BCUT2D eigenvalue weighted by Gasteiger charge is -2.08. The van der Waals surface area contributed by atoms with E-state index in [2.05, 4.69) is 9.71 Å². The summed E-state index contributed by atoms with van der Waals surface area (Å²) in [6, 6.07) is 7.44. The molecule has 1 aromatic carbocycles. The van der Waals surface area contributed by atoms with Crippen LogP contribution in [-0.4, -0.2) is 28.1 Å². The molecule has 1 heterocycles. The van der Waals surface area contributed by atoms with Gasteiger partial charge in [-0.15, -0.1) is 0 Å². The number of halogens is 1. The van der Waals surface area contributed by atoms with Crippen LogP contribution in [0.5, 0.6) is 0 Å². The van der Waals surface area contributed by atoms with Gasteiger partial charge in [0.2, 0.25) is 5.03 Å². The van der Waals surface area contributed by atoms with E-state index in [4.69, 9.17) is 0 Å². The molecule has 112 valence electrons. The average molecular weight is 330 g/mol. The predicted molar refractivity (Wildman–Crippen MR) is 74.6 cm³/mol. The van der Waals surface area contributed by atoms with E-state index < -0.39 is 30.7 Å². The minimum Gasteiger partial charge on any atom is -0.278 e. The van der Waals surface area contributed by atoms with Crippen LogP contribution in [0, 0.1) is 5.82 Å². The van der Waals surface area contributed by atoms with E-state index in [0.717, 1.165) is 24.6 Å². The maximum atomic E-state index is 13.5. The van der Waals surface area contributed by atoms with E-state index >= 15 is 0 Å². The van der Waals surface area contributed by atoms with Crippen LogP contribution in [0.3, 0.4) is 0 Å². The first-order chi connectivity index (χ1) is 9.70. The van der Waals surface area contributed by atoms with Crippen LogP contribution >= 0.6 is 0 Å². The summed E-state index contributed by atoms with van der Waals surface area (Å²) in [6.07, 6.45) is 2.14. The highest BCUT2D eigenvalue weighted by molar-refractivity contribution is 7.92. The molecule has 0 fully saturated rings. The number of nitrogens with zero attached hydrogens (tertiary/aromatic N) is 1. The van der Waals surface area contributed by atoms with Crippen LogP contribution in [0.4, 0.5) is 10.1 Å². The molecule has 9 heteroatoms. The molecule has 0 aliphatic heterocycles. The monoisotopic (exact) mass is 330 g/mol. The van der Waals surface area contributed by atoms with Gasteiger partial charge in [0.1, 0.15) is 0 Å². The van der Waals surface area contributed by atoms with Gasteiger partial charge in [0.05, 0.1) is 10.6 Å². The van der Waals surface area contributed by atoms with Gasteiger partial charge in [-0.1, -0.05) is 6.07 Å². The Hall–Kier alpha value is -2.00. The molecule has 1 aromatic heterocycles. The Kier molecular flexibility index (Phi) is 3.97. The summed E-state index contributed by atoms with van der Waals surface area (Å²) in [6.45, 7) is 0. The van der Waals surface area contributed by atoms with Crippen LogP contribution in [-0.2, 0) is 19.9 Å². The van der Waals surface area contributed by atoms with Crippen molar-refractivity contribution in [2.45, 2.75) is 9.92 Å². The Morgan fingerprint density at radius 2 is 1.81 bits per heavy atom. The normalized spacial score (nSPS) is 12.1. The summed E-state index contributed by atoms with van der Waals surface area (Å²) in [5, 5.41) is -0.755. The van der Waals surface area contributed by atoms with Gasteiger partial charge in [-0.2, -0.15) is 8.42 Å². The number of benzene rings is 1. The number of aromatic nitrogens is 1. The number of sulfonamides is 1. The van der Waals surface area contributed by atoms with E-state index in [1.807, 2.05) is 0 Å². The first-order valence-electron chi connectivity index (χ1n) is 5.63. The summed E-state index contributed by atoms with van der Waals surface area (Å²) in [7, 11) is -7.72. The van der Waals surface area contributed by atoms with Crippen molar-refractivity contribution in [3.8, 4) is 0 Å². The Bertz CT molecular complexity index is 880. The minimum absolute atomic E-state index is 0.00276. The largest absolute Gasteiger partial charge is 0.282 e. The third-order valence-corrected chi connectivity index (χ3v) is 4.92. The molecule has 21 heavy (non-hydrogen) atoms. The number of nitrogens with one attached hydrogen (secondary N) is 1. The molecule has 0 aliphatic carbocycles. The fraction of sp³-hybridized carbons (Fsp3) is 0.0833. The van der Waals surface area contributed by atoms with E-state index in [1.165, 1.54) is 24.3 Å². The number of anilines is 1. The molecule has 1 N–H and O–H groups in total. The molecule has 0 saturated carbocycles. The van der Waals surface area contributed by atoms with Crippen molar-refractivity contribution in [2.75, 3.05) is 11.0 Å². The fourth-order valence-electron chi connectivity index (χ4n) is 1.56. The Morgan fingerprint density at radius 1 is 1.10 bits per heavy atom. The third kappa shape index (κ3) is 3.56. The molecule has 0 amide bonds. The maximum Gasteiger partial charge on any atom is 0.282 e. The van der Waals surface area contributed by atoms with Crippen molar-refractivity contribution in [1.29, 1.82) is 0 Å². The lowest BCUT2D eigenvalue weighted by molar-refractivity contribution is 0.556. The van der Waals surface area contributed by atoms with Crippen molar-refractivity contribution in [3.63, 3.8) is 0 Å². The predicted octanol–water partition coefficient (Wildman–Crippen LogP) is 1.43. The number of hydrogen-bond acceptors (Lipinski definition) is 5. The fourth-order valence-corrected chi connectivity index (χ4v) is 3.29. The second-order valence-electron chi connectivity index (χ2n) is 4.20. The van der Waals surface area contributed by atoms with Crippen molar-refractivity contribution >= 4 is 25.5 Å². The molecule has 0 atom stereocenters.